The van der Waals surface area contributed by atoms with Crippen molar-refractivity contribution in [2.24, 2.45) is 17.3 Å². The molecule has 1 heterocycles. The van der Waals surface area contributed by atoms with E-state index in [9.17, 15) is 30.3 Å². The molecule has 176 valence electrons. The maximum absolute atomic E-state index is 11.7. The van der Waals surface area contributed by atoms with Crippen molar-refractivity contribution in [2.45, 2.75) is 87.9 Å². The number of carbonyl (C=O) groups is 1. The molecule has 1 aromatic carbocycles. The number of hydrogen-bond donors (Lipinski definition) is 5. The molecule has 3 fully saturated rings. The molecule has 2 saturated carbocycles. The molecule has 0 unspecified atom stereocenters. The summed E-state index contributed by atoms with van der Waals surface area (Å²) in [5.41, 5.74) is 2.23. The smallest absolute Gasteiger partial charge is 0.335 e. The van der Waals surface area contributed by atoms with E-state index in [-0.39, 0.29) is 5.92 Å². The second kappa shape index (κ2) is 7.75. The quantitative estimate of drug-likeness (QED) is 0.434. The zero-order valence-corrected chi connectivity index (χ0v) is 18.1. The third kappa shape index (κ3) is 3.15. The third-order valence-electron chi connectivity index (χ3n) is 8.84. The summed E-state index contributed by atoms with van der Waals surface area (Å²) in [4.78, 5) is 11.4. The number of carboxylic acid groups (broad SMARTS) is 1. The van der Waals surface area contributed by atoms with E-state index in [0.717, 1.165) is 32.1 Å². The van der Waals surface area contributed by atoms with Crippen LogP contribution in [-0.2, 0) is 20.7 Å². The largest absolute Gasteiger partial charge is 0.479 e. The minimum Gasteiger partial charge on any atom is -0.479 e. The Kier molecular flexibility index (Phi) is 5.39. The Bertz CT molecular complexity index is 891. The molecule has 8 heteroatoms. The van der Waals surface area contributed by atoms with Crippen LogP contribution in [0.15, 0.2) is 24.3 Å². The number of hydrogen-bond acceptors (Lipinski definition) is 7. The molecule has 32 heavy (non-hydrogen) atoms. The number of aliphatic hydroxyl groups is 4. The van der Waals surface area contributed by atoms with E-state index in [1.807, 2.05) is 6.92 Å². The molecule has 5 rings (SSSR count). The van der Waals surface area contributed by atoms with Gasteiger partial charge in [0.25, 0.3) is 0 Å². The Balaban J connectivity index is 1.39. The number of ether oxygens (including phenoxy) is 2. The number of benzene rings is 1. The summed E-state index contributed by atoms with van der Waals surface area (Å²) >= 11 is 0. The maximum Gasteiger partial charge on any atom is 0.335 e. The van der Waals surface area contributed by atoms with Gasteiger partial charge >= 0.3 is 5.97 Å². The van der Waals surface area contributed by atoms with Crippen LogP contribution < -0.4 is 0 Å². The zero-order chi connectivity index (χ0) is 22.8. The standard InChI is InChI=1S/C24H32O8/c1-23-10-8-14-13-5-3-2-4-12(13)6-7-15(14)16(23)9-11-24(23,30)32-22-19(27)17(25)18(26)20(31-22)21(28)29/h2-5,14-20,22,25-27,30H,6-11H2,1H3,(H,28,29)/t14-,15-,16+,17+,18+,19-,20+,22+,23+,24-/m1/s1. The first-order valence-electron chi connectivity index (χ1n) is 11.6. The highest BCUT2D eigenvalue weighted by molar-refractivity contribution is 5.73. The number of aliphatic carboxylic acids is 1. The normalized spacial score (nSPS) is 47.9. The van der Waals surface area contributed by atoms with Crippen molar-refractivity contribution in [1.29, 1.82) is 0 Å². The van der Waals surface area contributed by atoms with Crippen molar-refractivity contribution in [1.82, 2.24) is 0 Å². The number of rotatable bonds is 3. The first-order chi connectivity index (χ1) is 15.2. The van der Waals surface area contributed by atoms with E-state index in [4.69, 9.17) is 9.47 Å². The van der Waals surface area contributed by atoms with Crippen LogP contribution in [0.25, 0.3) is 0 Å². The van der Waals surface area contributed by atoms with Crippen LogP contribution in [0.3, 0.4) is 0 Å². The van der Waals surface area contributed by atoms with Gasteiger partial charge in [0.05, 0.1) is 0 Å². The molecule has 0 bridgehead atoms. The summed E-state index contributed by atoms with van der Waals surface area (Å²) < 4.78 is 11.2. The Morgan fingerprint density at radius 2 is 1.81 bits per heavy atom. The van der Waals surface area contributed by atoms with E-state index in [1.165, 1.54) is 11.1 Å². The predicted octanol–water partition coefficient (Wildman–Crippen LogP) is 1.14. The van der Waals surface area contributed by atoms with Crippen LogP contribution in [0, 0.1) is 17.3 Å². The molecule has 0 aromatic heterocycles. The molecule has 0 amide bonds. The molecule has 0 radical (unpaired) electrons. The van der Waals surface area contributed by atoms with Gasteiger partial charge in [-0.25, -0.2) is 4.79 Å². The van der Waals surface area contributed by atoms with Crippen LogP contribution in [-0.4, -0.2) is 68.0 Å². The highest BCUT2D eigenvalue weighted by Gasteiger charge is 2.64. The number of aliphatic hydroxyl groups excluding tert-OH is 3. The van der Waals surface area contributed by atoms with Gasteiger partial charge in [0.2, 0.25) is 0 Å². The Morgan fingerprint density at radius 3 is 2.56 bits per heavy atom. The summed E-state index contributed by atoms with van der Waals surface area (Å²) in [7, 11) is 0. The zero-order valence-electron chi connectivity index (χ0n) is 18.1. The first kappa shape index (κ1) is 22.3. The van der Waals surface area contributed by atoms with Crippen molar-refractivity contribution in [3.8, 4) is 0 Å². The highest BCUT2D eigenvalue weighted by Crippen LogP contribution is 2.64. The fourth-order valence-corrected chi connectivity index (χ4v) is 7.03. The van der Waals surface area contributed by atoms with Gasteiger partial charge in [0, 0.05) is 11.8 Å². The van der Waals surface area contributed by atoms with Gasteiger partial charge in [-0.15, -0.1) is 0 Å². The summed E-state index contributed by atoms with van der Waals surface area (Å²) in [5, 5.41) is 51.4. The second-order valence-electron chi connectivity index (χ2n) is 10.2. The van der Waals surface area contributed by atoms with Crippen LogP contribution in [0.2, 0.25) is 0 Å². The van der Waals surface area contributed by atoms with Crippen molar-refractivity contribution in [3.63, 3.8) is 0 Å². The lowest BCUT2D eigenvalue weighted by atomic mass is 9.55. The maximum atomic E-state index is 11.7. The number of aryl methyl sites for hydroxylation is 1. The Hall–Kier alpha value is -1.55. The van der Waals surface area contributed by atoms with Gasteiger partial charge in [0.1, 0.15) is 18.3 Å². The molecule has 8 nitrogen and oxygen atoms in total. The van der Waals surface area contributed by atoms with E-state index < -0.39 is 47.9 Å². The molecular weight excluding hydrogens is 416 g/mol. The predicted molar refractivity (Wildman–Crippen MR) is 111 cm³/mol. The SMILES string of the molecule is C[C@]12CC[C@@H]3c4ccccc4CC[C@H]3[C@@H]1CC[C@@]2(O)O[C@@H]1O[C@H](C(=O)O)[C@@H](O)[C@H](O)[C@H]1O. The van der Waals surface area contributed by atoms with Crippen molar-refractivity contribution in [3.05, 3.63) is 35.4 Å². The molecule has 1 saturated heterocycles. The molecule has 1 aliphatic heterocycles. The summed E-state index contributed by atoms with van der Waals surface area (Å²) in [6, 6.07) is 8.59. The number of fused-ring (bicyclic) bond motifs is 5. The van der Waals surface area contributed by atoms with Crippen LogP contribution in [0.1, 0.15) is 56.1 Å². The van der Waals surface area contributed by atoms with Gasteiger partial charge in [0.15, 0.2) is 18.2 Å². The van der Waals surface area contributed by atoms with E-state index in [0.29, 0.717) is 18.3 Å². The second-order valence-corrected chi connectivity index (χ2v) is 10.2. The average Bonchev–Trinajstić information content (AvgIpc) is 3.04. The van der Waals surface area contributed by atoms with Crippen LogP contribution >= 0.6 is 0 Å². The Morgan fingerprint density at radius 1 is 1.06 bits per heavy atom. The fraction of sp³-hybridized carbons (Fsp3) is 0.708. The van der Waals surface area contributed by atoms with Crippen molar-refractivity contribution in [2.75, 3.05) is 0 Å². The van der Waals surface area contributed by atoms with E-state index in [2.05, 4.69) is 24.3 Å². The Labute approximate surface area is 186 Å². The summed E-state index contributed by atoms with van der Waals surface area (Å²) in [6.45, 7) is 2.01. The molecule has 5 N–H and O–H groups in total. The molecule has 4 aliphatic rings. The van der Waals surface area contributed by atoms with Gasteiger partial charge in [-0.1, -0.05) is 31.2 Å². The van der Waals surface area contributed by atoms with Crippen molar-refractivity contribution < 1.29 is 39.8 Å². The van der Waals surface area contributed by atoms with E-state index in [1.54, 1.807) is 0 Å². The highest BCUT2D eigenvalue weighted by atomic mass is 16.8. The van der Waals surface area contributed by atoms with Gasteiger partial charge in [-0.3, -0.25) is 0 Å². The minimum absolute atomic E-state index is 0.214. The summed E-state index contributed by atoms with van der Waals surface area (Å²) in [6.07, 6.45) is -3.74. The molecule has 10 atom stereocenters. The molecule has 3 aliphatic carbocycles. The monoisotopic (exact) mass is 448 g/mol. The van der Waals surface area contributed by atoms with Crippen LogP contribution in [0.4, 0.5) is 0 Å². The molecule has 0 spiro atoms. The van der Waals surface area contributed by atoms with Gasteiger partial charge in [-0.2, -0.15) is 0 Å². The summed E-state index contributed by atoms with van der Waals surface area (Å²) in [5.74, 6) is -2.02. The van der Waals surface area contributed by atoms with Crippen LogP contribution in [0.5, 0.6) is 0 Å². The van der Waals surface area contributed by atoms with Gasteiger partial charge in [-0.05, 0) is 61.0 Å². The lowest BCUT2D eigenvalue weighted by Gasteiger charge is -2.53. The fourth-order valence-electron chi connectivity index (χ4n) is 7.03. The third-order valence-corrected chi connectivity index (χ3v) is 8.84. The lowest BCUT2D eigenvalue weighted by Crippen LogP contribution is -2.63. The topological polar surface area (TPSA) is 137 Å². The lowest BCUT2D eigenvalue weighted by molar-refractivity contribution is -0.380. The molecular formula is C24H32O8. The first-order valence-corrected chi connectivity index (χ1v) is 11.6. The van der Waals surface area contributed by atoms with E-state index >= 15 is 0 Å². The molecule has 1 aromatic rings. The van der Waals surface area contributed by atoms with Gasteiger partial charge < -0.3 is 35.0 Å². The number of carboxylic acids is 1. The average molecular weight is 449 g/mol. The minimum atomic E-state index is -1.79. The van der Waals surface area contributed by atoms with Crippen molar-refractivity contribution >= 4 is 5.97 Å².